The first kappa shape index (κ1) is 14.2. The SMILES string of the molecule is CN(C)c1cccc(OCc2ccc(C#N)cc2Cl)c1. The standard InChI is InChI=1S/C16H15ClN2O/c1-19(2)14-4-3-5-15(9-14)20-11-13-7-6-12(10-18)8-16(13)17/h3-9H,11H2,1-2H3. The fraction of sp³-hybridized carbons (Fsp3) is 0.188. The Balaban J connectivity index is 2.09. The lowest BCUT2D eigenvalue weighted by molar-refractivity contribution is 0.306. The molecule has 0 bridgehead atoms. The van der Waals surface area contributed by atoms with Gasteiger partial charge in [-0.25, -0.2) is 0 Å². The number of nitrogens with zero attached hydrogens (tertiary/aromatic N) is 2. The maximum Gasteiger partial charge on any atom is 0.121 e. The topological polar surface area (TPSA) is 36.3 Å². The molecular formula is C16H15ClN2O. The van der Waals surface area contributed by atoms with Gasteiger partial charge < -0.3 is 9.64 Å². The maximum absolute atomic E-state index is 8.80. The van der Waals surface area contributed by atoms with E-state index in [2.05, 4.69) is 6.07 Å². The Bertz CT molecular complexity index is 647. The Morgan fingerprint density at radius 3 is 2.65 bits per heavy atom. The van der Waals surface area contributed by atoms with E-state index in [1.165, 1.54) is 0 Å². The maximum atomic E-state index is 8.80. The molecule has 3 nitrogen and oxygen atoms in total. The molecule has 0 radical (unpaired) electrons. The van der Waals surface area contributed by atoms with Crippen molar-refractivity contribution in [1.82, 2.24) is 0 Å². The smallest absolute Gasteiger partial charge is 0.121 e. The quantitative estimate of drug-likeness (QED) is 0.856. The second-order valence-electron chi connectivity index (χ2n) is 4.60. The van der Waals surface area contributed by atoms with Gasteiger partial charge in [0.2, 0.25) is 0 Å². The van der Waals surface area contributed by atoms with Gasteiger partial charge in [-0.15, -0.1) is 0 Å². The second-order valence-corrected chi connectivity index (χ2v) is 5.01. The van der Waals surface area contributed by atoms with Crippen molar-refractivity contribution >= 4 is 17.3 Å². The predicted octanol–water partition coefficient (Wildman–Crippen LogP) is 3.86. The van der Waals surface area contributed by atoms with Crippen LogP contribution in [0.15, 0.2) is 42.5 Å². The highest BCUT2D eigenvalue weighted by Crippen LogP contribution is 2.23. The molecule has 4 heteroatoms. The van der Waals surface area contributed by atoms with Crippen LogP contribution in [0.5, 0.6) is 5.75 Å². The van der Waals surface area contributed by atoms with Gasteiger partial charge in [-0.2, -0.15) is 5.26 Å². The number of hydrogen-bond donors (Lipinski definition) is 0. The molecule has 0 N–H and O–H groups in total. The van der Waals surface area contributed by atoms with Crippen LogP contribution in [0.25, 0.3) is 0 Å². The molecule has 0 aliphatic carbocycles. The molecule has 2 aromatic carbocycles. The third kappa shape index (κ3) is 3.43. The van der Waals surface area contributed by atoms with Crippen molar-refractivity contribution in [3.05, 3.63) is 58.6 Å². The number of rotatable bonds is 4. The van der Waals surface area contributed by atoms with Crippen molar-refractivity contribution in [2.45, 2.75) is 6.61 Å². The monoisotopic (exact) mass is 286 g/mol. The van der Waals surface area contributed by atoms with Crippen molar-refractivity contribution in [2.24, 2.45) is 0 Å². The number of anilines is 1. The van der Waals surface area contributed by atoms with Crippen molar-refractivity contribution in [1.29, 1.82) is 5.26 Å². The van der Waals surface area contributed by atoms with Crippen molar-refractivity contribution in [3.8, 4) is 11.8 Å². The molecule has 2 rings (SSSR count). The minimum Gasteiger partial charge on any atom is -0.489 e. The van der Waals surface area contributed by atoms with Crippen LogP contribution in [0, 0.1) is 11.3 Å². The summed E-state index contributed by atoms with van der Waals surface area (Å²) in [5.41, 5.74) is 2.49. The molecular weight excluding hydrogens is 272 g/mol. The minimum absolute atomic E-state index is 0.376. The molecule has 0 fully saturated rings. The number of benzene rings is 2. The number of nitriles is 1. The van der Waals surface area contributed by atoms with Crippen molar-refractivity contribution in [3.63, 3.8) is 0 Å². The summed E-state index contributed by atoms with van der Waals surface area (Å²) in [6.07, 6.45) is 0. The minimum atomic E-state index is 0.376. The summed E-state index contributed by atoms with van der Waals surface area (Å²) >= 11 is 6.12. The molecule has 0 saturated carbocycles. The van der Waals surface area contributed by atoms with Gasteiger partial charge in [-0.05, 0) is 24.3 Å². The van der Waals surface area contributed by atoms with E-state index in [0.717, 1.165) is 17.0 Å². The van der Waals surface area contributed by atoms with Crippen LogP contribution >= 0.6 is 11.6 Å². The third-order valence-electron chi connectivity index (χ3n) is 2.91. The average molecular weight is 287 g/mol. The number of ether oxygens (including phenoxy) is 1. The highest BCUT2D eigenvalue weighted by atomic mass is 35.5. The molecule has 0 heterocycles. The number of hydrogen-bond acceptors (Lipinski definition) is 3. The first-order chi connectivity index (χ1) is 9.60. The zero-order valence-electron chi connectivity index (χ0n) is 11.4. The molecule has 0 aliphatic rings. The van der Waals surface area contributed by atoms with Gasteiger partial charge in [-0.3, -0.25) is 0 Å². The Kier molecular flexibility index (Phi) is 4.49. The Morgan fingerprint density at radius 1 is 1.20 bits per heavy atom. The van der Waals surface area contributed by atoms with Gasteiger partial charge in [0.1, 0.15) is 12.4 Å². The van der Waals surface area contributed by atoms with Crippen molar-refractivity contribution in [2.75, 3.05) is 19.0 Å². The molecule has 0 spiro atoms. The first-order valence-electron chi connectivity index (χ1n) is 6.19. The Morgan fingerprint density at radius 2 is 2.00 bits per heavy atom. The van der Waals surface area contributed by atoms with Gasteiger partial charge in [0.15, 0.2) is 0 Å². The predicted molar refractivity (Wildman–Crippen MR) is 81.3 cm³/mol. The summed E-state index contributed by atoms with van der Waals surface area (Å²) in [5, 5.41) is 9.35. The van der Waals surface area contributed by atoms with Crippen LogP contribution < -0.4 is 9.64 Å². The molecule has 0 saturated heterocycles. The first-order valence-corrected chi connectivity index (χ1v) is 6.56. The van der Waals surface area contributed by atoms with Gasteiger partial charge in [-0.1, -0.05) is 23.7 Å². The lowest BCUT2D eigenvalue weighted by atomic mass is 10.1. The summed E-state index contributed by atoms with van der Waals surface area (Å²) in [5.74, 6) is 0.789. The van der Waals surface area contributed by atoms with E-state index in [1.807, 2.05) is 49.3 Å². The number of halogens is 1. The second kappa shape index (κ2) is 6.31. The van der Waals surface area contributed by atoms with E-state index >= 15 is 0 Å². The van der Waals surface area contributed by atoms with E-state index in [-0.39, 0.29) is 0 Å². The van der Waals surface area contributed by atoms with Gasteiger partial charge in [0.05, 0.1) is 11.6 Å². The van der Waals surface area contributed by atoms with Gasteiger partial charge in [0.25, 0.3) is 0 Å². The largest absolute Gasteiger partial charge is 0.489 e. The molecule has 0 aliphatic heterocycles. The highest BCUT2D eigenvalue weighted by Gasteiger charge is 2.04. The summed E-state index contributed by atoms with van der Waals surface area (Å²) in [7, 11) is 3.97. The molecule has 20 heavy (non-hydrogen) atoms. The van der Waals surface area contributed by atoms with Gasteiger partial charge >= 0.3 is 0 Å². The van der Waals surface area contributed by atoms with Crippen LogP contribution in [-0.4, -0.2) is 14.1 Å². The molecule has 0 amide bonds. The van der Waals surface area contributed by atoms with E-state index in [1.54, 1.807) is 12.1 Å². The summed E-state index contributed by atoms with van der Waals surface area (Å²) in [4.78, 5) is 2.02. The zero-order chi connectivity index (χ0) is 14.5. The van der Waals surface area contributed by atoms with Crippen LogP contribution in [0.4, 0.5) is 5.69 Å². The molecule has 102 valence electrons. The third-order valence-corrected chi connectivity index (χ3v) is 3.26. The fourth-order valence-electron chi connectivity index (χ4n) is 1.75. The van der Waals surface area contributed by atoms with Crippen LogP contribution in [0.3, 0.4) is 0 Å². The normalized spacial score (nSPS) is 9.90. The average Bonchev–Trinajstić information content (AvgIpc) is 2.46. The fourth-order valence-corrected chi connectivity index (χ4v) is 1.98. The summed E-state index contributed by atoms with van der Waals surface area (Å²) < 4.78 is 5.74. The molecule has 0 aromatic heterocycles. The van der Waals surface area contributed by atoms with E-state index < -0.39 is 0 Å². The van der Waals surface area contributed by atoms with E-state index in [4.69, 9.17) is 21.6 Å². The van der Waals surface area contributed by atoms with Crippen LogP contribution in [0.2, 0.25) is 5.02 Å². The molecule has 0 atom stereocenters. The highest BCUT2D eigenvalue weighted by molar-refractivity contribution is 6.31. The lowest BCUT2D eigenvalue weighted by Gasteiger charge is -2.14. The summed E-state index contributed by atoms with van der Waals surface area (Å²) in [6.45, 7) is 0.376. The van der Waals surface area contributed by atoms with Crippen LogP contribution in [0.1, 0.15) is 11.1 Å². The van der Waals surface area contributed by atoms with E-state index in [0.29, 0.717) is 17.2 Å². The van der Waals surface area contributed by atoms with Gasteiger partial charge in [0, 0.05) is 36.4 Å². The Labute approximate surface area is 124 Å². The lowest BCUT2D eigenvalue weighted by Crippen LogP contribution is -2.08. The molecule has 2 aromatic rings. The van der Waals surface area contributed by atoms with Crippen molar-refractivity contribution < 1.29 is 4.74 Å². The zero-order valence-corrected chi connectivity index (χ0v) is 12.2. The summed E-state index contributed by atoms with van der Waals surface area (Å²) in [6, 6.07) is 15.1. The van der Waals surface area contributed by atoms with E-state index in [9.17, 15) is 0 Å². The van der Waals surface area contributed by atoms with Crippen LogP contribution in [-0.2, 0) is 6.61 Å². The Hall–Kier alpha value is -2.18. The molecule has 0 unspecified atom stereocenters.